The zero-order valence-corrected chi connectivity index (χ0v) is 30.2. The van der Waals surface area contributed by atoms with Crippen LogP contribution in [0.5, 0.6) is 23.0 Å². The fraction of sp³-hybridized carbons (Fsp3) is 0.356. The Morgan fingerprint density at radius 1 is 0.420 bits per heavy atom. The molecular weight excluding hydrogens is 618 g/mol. The fourth-order valence-corrected chi connectivity index (χ4v) is 6.83. The molecule has 1 aliphatic rings. The molecule has 5 aromatic rings. The Hall–Kier alpha value is -4.77. The summed E-state index contributed by atoms with van der Waals surface area (Å²) in [7, 11) is 0. The Morgan fingerprint density at radius 3 is 1.08 bits per heavy atom. The van der Waals surface area contributed by atoms with Gasteiger partial charge in [0.1, 0.15) is 23.0 Å². The van der Waals surface area contributed by atoms with Crippen LogP contribution in [0.4, 0.5) is 0 Å². The smallest absolute Gasteiger partial charge is 0.126 e. The summed E-state index contributed by atoms with van der Waals surface area (Å²) in [5.74, 6) is 3.83. The second-order valence-electron chi connectivity index (χ2n) is 13.2. The highest BCUT2D eigenvalue weighted by atomic mass is 16.5. The van der Waals surface area contributed by atoms with Gasteiger partial charge in [-0.2, -0.15) is 0 Å². The van der Waals surface area contributed by atoms with Crippen molar-refractivity contribution in [3.05, 3.63) is 136 Å². The molecule has 0 amide bonds. The van der Waals surface area contributed by atoms with Gasteiger partial charge in [-0.05, 0) is 94.5 Å². The summed E-state index contributed by atoms with van der Waals surface area (Å²) in [5, 5.41) is 0. The molecule has 5 heteroatoms. The van der Waals surface area contributed by atoms with E-state index in [4.69, 9.17) is 23.9 Å². The second kappa shape index (κ2) is 17.2. The van der Waals surface area contributed by atoms with Crippen LogP contribution in [-0.2, 0) is 25.7 Å². The van der Waals surface area contributed by atoms with Gasteiger partial charge in [-0.1, -0.05) is 88.4 Å². The average Bonchev–Trinajstić information content (AvgIpc) is 3.13. The molecule has 0 N–H and O–H groups in total. The van der Waals surface area contributed by atoms with Crippen molar-refractivity contribution in [2.24, 2.45) is 0 Å². The van der Waals surface area contributed by atoms with Crippen LogP contribution in [0.1, 0.15) is 97.9 Å². The van der Waals surface area contributed by atoms with Crippen molar-refractivity contribution in [3.63, 3.8) is 0 Å². The molecule has 0 unspecified atom stereocenters. The second-order valence-corrected chi connectivity index (χ2v) is 13.2. The van der Waals surface area contributed by atoms with Crippen LogP contribution in [0.3, 0.4) is 0 Å². The highest BCUT2D eigenvalue weighted by molar-refractivity contribution is 5.66. The number of nitrogens with zero attached hydrogens (tertiary/aromatic N) is 1. The van der Waals surface area contributed by atoms with Gasteiger partial charge >= 0.3 is 0 Å². The first kappa shape index (κ1) is 35.1. The topological polar surface area (TPSA) is 49.8 Å². The first-order valence-corrected chi connectivity index (χ1v) is 18.5. The number of hydrogen-bond donors (Lipinski definition) is 0. The molecule has 0 saturated carbocycles. The Labute approximate surface area is 298 Å². The number of fused-ring (bicyclic) bond motifs is 8. The van der Waals surface area contributed by atoms with Crippen molar-refractivity contribution in [3.8, 4) is 34.3 Å². The lowest BCUT2D eigenvalue weighted by molar-refractivity contribution is 0.304. The molecule has 0 radical (unpaired) electrons. The van der Waals surface area contributed by atoms with E-state index in [2.05, 4.69) is 107 Å². The molecule has 0 fully saturated rings. The van der Waals surface area contributed by atoms with E-state index in [-0.39, 0.29) is 0 Å². The third-order valence-electron chi connectivity index (χ3n) is 9.06. The van der Waals surface area contributed by atoms with Crippen LogP contribution in [0.2, 0.25) is 0 Å². The fourth-order valence-electron chi connectivity index (χ4n) is 6.83. The Bertz CT molecular complexity index is 1760. The molecule has 4 aromatic carbocycles. The molecule has 260 valence electrons. The van der Waals surface area contributed by atoms with Crippen molar-refractivity contribution in [2.45, 2.75) is 79.1 Å². The van der Waals surface area contributed by atoms with Crippen LogP contribution < -0.4 is 18.9 Å². The predicted octanol–water partition coefficient (Wildman–Crippen LogP) is 10.6. The molecule has 0 saturated heterocycles. The minimum absolute atomic E-state index is 0.635. The average molecular weight is 670 g/mol. The standard InChI is InChI=1S/C45H51NO4/c1-5-22-47-42-32-14-11-15-33(42)27-35-17-13-19-37(44(35)49-24-7-3)29-40-31-38(41-20-9-10-21-46-41)30-39(45(40)50-25-8-4)28-36-18-12-16-34(26-32)43(36)48-23-6-2/h9-21,30-31H,5-8,22-29H2,1-4H3. The van der Waals surface area contributed by atoms with Crippen LogP contribution in [0.25, 0.3) is 11.3 Å². The summed E-state index contributed by atoms with van der Waals surface area (Å²) in [5.41, 5.74) is 11.2. The molecule has 0 aliphatic heterocycles. The molecule has 5 nitrogen and oxygen atoms in total. The van der Waals surface area contributed by atoms with Crippen molar-refractivity contribution in [2.75, 3.05) is 26.4 Å². The number of hydrogen-bond acceptors (Lipinski definition) is 5. The van der Waals surface area contributed by atoms with E-state index in [0.717, 1.165) is 93.3 Å². The Kier molecular flexibility index (Phi) is 12.1. The van der Waals surface area contributed by atoms with E-state index in [1.54, 1.807) is 0 Å². The molecule has 50 heavy (non-hydrogen) atoms. The molecule has 1 heterocycles. The van der Waals surface area contributed by atoms with Gasteiger partial charge in [0.15, 0.2) is 0 Å². The molecule has 8 bridgehead atoms. The summed E-state index contributed by atoms with van der Waals surface area (Å²) < 4.78 is 26.6. The van der Waals surface area contributed by atoms with Gasteiger partial charge in [0, 0.05) is 37.4 Å². The van der Waals surface area contributed by atoms with Gasteiger partial charge in [-0.25, -0.2) is 0 Å². The van der Waals surface area contributed by atoms with E-state index in [1.165, 1.54) is 11.1 Å². The first-order valence-electron chi connectivity index (χ1n) is 18.5. The minimum atomic E-state index is 0.635. The Balaban J connectivity index is 1.63. The van der Waals surface area contributed by atoms with E-state index >= 15 is 0 Å². The van der Waals surface area contributed by atoms with Crippen LogP contribution in [-0.4, -0.2) is 31.4 Å². The summed E-state index contributed by atoms with van der Waals surface area (Å²) in [6.45, 7) is 11.2. The quantitative estimate of drug-likeness (QED) is 0.122. The van der Waals surface area contributed by atoms with E-state index in [9.17, 15) is 0 Å². The van der Waals surface area contributed by atoms with E-state index < -0.39 is 0 Å². The lowest BCUT2D eigenvalue weighted by Crippen LogP contribution is -2.10. The maximum absolute atomic E-state index is 6.71. The van der Waals surface area contributed by atoms with Crippen LogP contribution >= 0.6 is 0 Å². The summed E-state index contributed by atoms with van der Waals surface area (Å²) in [6, 6.07) is 30.4. The van der Waals surface area contributed by atoms with Gasteiger partial charge in [0.2, 0.25) is 0 Å². The highest BCUT2D eigenvalue weighted by Crippen LogP contribution is 2.40. The van der Waals surface area contributed by atoms with Gasteiger partial charge < -0.3 is 18.9 Å². The highest BCUT2D eigenvalue weighted by Gasteiger charge is 2.22. The summed E-state index contributed by atoms with van der Waals surface area (Å²) in [6.07, 6.45) is 8.32. The summed E-state index contributed by atoms with van der Waals surface area (Å²) >= 11 is 0. The van der Waals surface area contributed by atoms with Crippen molar-refractivity contribution >= 4 is 0 Å². The zero-order chi connectivity index (χ0) is 34.7. The summed E-state index contributed by atoms with van der Waals surface area (Å²) in [4.78, 5) is 4.77. The van der Waals surface area contributed by atoms with Gasteiger partial charge in [0.25, 0.3) is 0 Å². The molecule has 1 aliphatic carbocycles. The molecule has 0 spiro atoms. The number of para-hydroxylation sites is 3. The van der Waals surface area contributed by atoms with E-state index in [1.807, 2.05) is 12.3 Å². The lowest BCUT2D eigenvalue weighted by Gasteiger charge is -2.23. The zero-order valence-electron chi connectivity index (χ0n) is 30.2. The van der Waals surface area contributed by atoms with Gasteiger partial charge in [-0.15, -0.1) is 0 Å². The third-order valence-corrected chi connectivity index (χ3v) is 9.06. The van der Waals surface area contributed by atoms with Gasteiger partial charge in [0.05, 0.1) is 32.1 Å². The monoisotopic (exact) mass is 669 g/mol. The van der Waals surface area contributed by atoms with Gasteiger partial charge in [-0.3, -0.25) is 4.98 Å². The normalized spacial score (nSPS) is 12.3. The minimum Gasteiger partial charge on any atom is -0.493 e. The maximum atomic E-state index is 6.71. The number of rotatable bonds is 13. The van der Waals surface area contributed by atoms with E-state index in [0.29, 0.717) is 52.1 Å². The SMILES string of the molecule is CCCOc1c2cccc1Cc1cccc(c1OCCC)Cc1cc(-c3ccccn3)cc(c1OCCC)Cc1cccc(c1OCCC)C2. The van der Waals surface area contributed by atoms with Crippen molar-refractivity contribution in [1.29, 1.82) is 0 Å². The van der Waals surface area contributed by atoms with Crippen molar-refractivity contribution in [1.82, 2.24) is 4.98 Å². The van der Waals surface area contributed by atoms with Crippen molar-refractivity contribution < 1.29 is 18.9 Å². The molecule has 0 atom stereocenters. The number of pyridine rings is 1. The molecular formula is C45H51NO4. The van der Waals surface area contributed by atoms with Crippen LogP contribution in [0, 0.1) is 0 Å². The predicted molar refractivity (Wildman–Crippen MR) is 203 cm³/mol. The van der Waals surface area contributed by atoms with Crippen LogP contribution in [0.15, 0.2) is 91.1 Å². The third kappa shape index (κ3) is 8.16. The maximum Gasteiger partial charge on any atom is 0.126 e. The number of benzene rings is 4. The molecule has 6 rings (SSSR count). The number of ether oxygens (including phenoxy) is 4. The lowest BCUT2D eigenvalue weighted by atomic mass is 9.90. The largest absolute Gasteiger partial charge is 0.493 e. The molecule has 1 aromatic heterocycles. The Morgan fingerprint density at radius 2 is 0.760 bits per heavy atom. The number of aromatic nitrogens is 1. The first-order chi connectivity index (χ1) is 24.6.